The van der Waals surface area contributed by atoms with Crippen molar-refractivity contribution in [1.29, 1.82) is 0 Å². The number of hydrogen-bond acceptors (Lipinski definition) is 6. The normalized spacial score (nSPS) is 19.7. The number of carbonyl (C=O) groups excluding carboxylic acids is 1. The Hall–Kier alpha value is -1.97. The highest BCUT2D eigenvalue weighted by molar-refractivity contribution is 7.99. The molecule has 192 valence electrons. The fourth-order valence-electron chi connectivity index (χ4n) is 5.48. The number of hydrogen-bond donors (Lipinski definition) is 2. The zero-order valence-corrected chi connectivity index (χ0v) is 21.1. The lowest BCUT2D eigenvalue weighted by Gasteiger charge is -2.40. The molecular formula is C26H35F2N3O3S. The number of thioether (sulfide) groups is 1. The van der Waals surface area contributed by atoms with Crippen molar-refractivity contribution >= 4 is 28.6 Å². The number of halogens is 2. The van der Waals surface area contributed by atoms with Crippen molar-refractivity contribution in [3.63, 3.8) is 0 Å². The van der Waals surface area contributed by atoms with Crippen LogP contribution in [0.4, 0.5) is 8.78 Å². The average Bonchev–Trinajstić information content (AvgIpc) is 3.40. The van der Waals surface area contributed by atoms with Crippen molar-refractivity contribution in [2.24, 2.45) is 5.41 Å². The summed E-state index contributed by atoms with van der Waals surface area (Å²) in [5.41, 5.74) is 1.36. The molecule has 0 radical (unpaired) electrons. The largest absolute Gasteiger partial charge is 0.497 e. The first-order chi connectivity index (χ1) is 17.0. The standard InChI is InChI=1S/C26H35F2N3O3S/c1-34-18-6-7-23-20(16-18)24(22(28)17-29-23)21(27)8-9-26(25(32)30-33)10-12-31(13-11-26)14-15-35-19-4-2-3-5-19/h6-7,16-17,19,21,33H,2-5,8-15H2,1H3,(H,30,32). The molecule has 2 aromatic rings. The first kappa shape index (κ1) is 26.1. The fraction of sp³-hybridized carbons (Fsp3) is 0.615. The number of piperidine rings is 1. The molecule has 1 amide bonds. The third-order valence-corrected chi connectivity index (χ3v) is 9.08. The summed E-state index contributed by atoms with van der Waals surface area (Å²) in [5, 5.41) is 10.6. The van der Waals surface area contributed by atoms with Gasteiger partial charge in [-0.3, -0.25) is 15.0 Å². The third kappa shape index (κ3) is 6.06. The van der Waals surface area contributed by atoms with Crippen LogP contribution in [0.2, 0.25) is 0 Å². The maximum Gasteiger partial charge on any atom is 0.249 e. The van der Waals surface area contributed by atoms with Crippen LogP contribution < -0.4 is 10.2 Å². The molecule has 1 aliphatic carbocycles. The van der Waals surface area contributed by atoms with Crippen LogP contribution in [0.1, 0.15) is 63.1 Å². The molecule has 1 saturated heterocycles. The summed E-state index contributed by atoms with van der Waals surface area (Å²) >= 11 is 2.04. The van der Waals surface area contributed by atoms with E-state index >= 15 is 4.39 Å². The van der Waals surface area contributed by atoms with Crippen LogP contribution in [-0.2, 0) is 4.79 Å². The van der Waals surface area contributed by atoms with Gasteiger partial charge >= 0.3 is 0 Å². The molecule has 1 aromatic heterocycles. The maximum absolute atomic E-state index is 15.5. The van der Waals surface area contributed by atoms with Crippen molar-refractivity contribution in [2.75, 3.05) is 32.5 Å². The molecule has 6 nitrogen and oxygen atoms in total. The summed E-state index contributed by atoms with van der Waals surface area (Å²) in [5.74, 6) is 0.377. The number of hydroxylamine groups is 1. The number of methoxy groups -OCH3 is 1. The predicted molar refractivity (Wildman–Crippen MR) is 134 cm³/mol. The molecule has 2 heterocycles. The fourth-order valence-corrected chi connectivity index (χ4v) is 6.84. The van der Waals surface area contributed by atoms with Gasteiger partial charge in [0.05, 0.1) is 24.2 Å². The minimum Gasteiger partial charge on any atom is -0.497 e. The average molecular weight is 508 g/mol. The van der Waals surface area contributed by atoms with Gasteiger partial charge in [0.2, 0.25) is 5.91 Å². The Kier molecular flexibility index (Phi) is 8.83. The number of likely N-dealkylation sites (tertiary alicyclic amines) is 1. The van der Waals surface area contributed by atoms with Gasteiger partial charge in [0.15, 0.2) is 0 Å². The third-order valence-electron chi connectivity index (χ3n) is 7.72. The van der Waals surface area contributed by atoms with Crippen molar-refractivity contribution < 1.29 is 23.5 Å². The maximum atomic E-state index is 15.5. The number of benzene rings is 1. The van der Waals surface area contributed by atoms with E-state index in [0.29, 0.717) is 29.5 Å². The molecule has 9 heteroatoms. The van der Waals surface area contributed by atoms with E-state index in [9.17, 15) is 14.4 Å². The molecule has 1 saturated carbocycles. The van der Waals surface area contributed by atoms with E-state index in [0.717, 1.165) is 36.8 Å². The van der Waals surface area contributed by atoms with Gasteiger partial charge in [-0.2, -0.15) is 11.8 Å². The smallest absolute Gasteiger partial charge is 0.249 e. The second kappa shape index (κ2) is 11.8. The molecule has 35 heavy (non-hydrogen) atoms. The van der Waals surface area contributed by atoms with E-state index < -0.39 is 23.3 Å². The van der Waals surface area contributed by atoms with Gasteiger partial charge in [-0.05, 0) is 69.8 Å². The van der Waals surface area contributed by atoms with Crippen LogP contribution in [0, 0.1) is 11.2 Å². The van der Waals surface area contributed by atoms with E-state index in [1.165, 1.54) is 32.8 Å². The molecule has 4 rings (SSSR count). The number of amides is 1. The number of aromatic nitrogens is 1. The van der Waals surface area contributed by atoms with Gasteiger partial charge in [-0.1, -0.05) is 12.8 Å². The highest BCUT2D eigenvalue weighted by Gasteiger charge is 2.41. The number of nitrogens with one attached hydrogen (secondary N) is 1. The molecule has 0 bridgehead atoms. The van der Waals surface area contributed by atoms with Crippen molar-refractivity contribution in [3.05, 3.63) is 35.8 Å². The lowest BCUT2D eigenvalue weighted by atomic mass is 9.73. The first-order valence-corrected chi connectivity index (χ1v) is 13.6. The van der Waals surface area contributed by atoms with Gasteiger partial charge in [-0.15, -0.1) is 0 Å². The Morgan fingerprint density at radius 1 is 1.34 bits per heavy atom. The van der Waals surface area contributed by atoms with Crippen molar-refractivity contribution in [2.45, 2.75) is 62.8 Å². The van der Waals surface area contributed by atoms with Crippen LogP contribution >= 0.6 is 11.8 Å². The molecule has 2 fully saturated rings. The van der Waals surface area contributed by atoms with Gasteiger partial charge in [0, 0.05) is 28.5 Å². The second-order valence-corrected chi connectivity index (χ2v) is 11.2. The molecule has 1 atom stereocenters. The van der Waals surface area contributed by atoms with E-state index in [1.807, 2.05) is 11.8 Å². The van der Waals surface area contributed by atoms with Crippen molar-refractivity contribution in [3.8, 4) is 5.75 Å². The number of rotatable bonds is 10. The van der Waals surface area contributed by atoms with Crippen LogP contribution in [0.5, 0.6) is 5.75 Å². The molecule has 1 aliphatic heterocycles. The highest BCUT2D eigenvalue weighted by Crippen LogP contribution is 2.41. The summed E-state index contributed by atoms with van der Waals surface area (Å²) in [6.45, 7) is 2.42. The van der Waals surface area contributed by atoms with Crippen LogP contribution in [-0.4, -0.2) is 58.7 Å². The number of ether oxygens (including phenoxy) is 1. The Bertz CT molecular complexity index is 1010. The Morgan fingerprint density at radius 2 is 2.09 bits per heavy atom. The number of nitrogens with zero attached hydrogens (tertiary/aromatic N) is 2. The lowest BCUT2D eigenvalue weighted by molar-refractivity contribution is -0.143. The SMILES string of the molecule is COc1ccc2ncc(F)c(C(F)CCC3(C(=O)NO)CCN(CCSC4CCCC4)CC3)c2c1. The predicted octanol–water partition coefficient (Wildman–Crippen LogP) is 5.44. The minimum atomic E-state index is -1.61. The minimum absolute atomic E-state index is 0.0296. The van der Waals surface area contributed by atoms with Crippen LogP contribution in [0.25, 0.3) is 10.9 Å². The quantitative estimate of drug-likeness (QED) is 0.330. The molecule has 0 spiro atoms. The second-order valence-electron chi connectivity index (χ2n) is 9.75. The zero-order valence-electron chi connectivity index (χ0n) is 20.3. The number of pyridine rings is 1. The van der Waals surface area contributed by atoms with Crippen molar-refractivity contribution in [1.82, 2.24) is 15.4 Å². The first-order valence-electron chi connectivity index (χ1n) is 12.5. The summed E-state index contributed by atoms with van der Waals surface area (Å²) in [6.07, 6.45) is 5.98. The topological polar surface area (TPSA) is 74.7 Å². The van der Waals surface area contributed by atoms with Gasteiger partial charge in [0.1, 0.15) is 17.7 Å². The summed E-state index contributed by atoms with van der Waals surface area (Å²) in [4.78, 5) is 19.1. The molecule has 1 unspecified atom stereocenters. The summed E-state index contributed by atoms with van der Waals surface area (Å²) in [7, 11) is 1.50. The highest BCUT2D eigenvalue weighted by atomic mass is 32.2. The van der Waals surface area contributed by atoms with Crippen LogP contribution in [0.3, 0.4) is 0 Å². The molecule has 2 aliphatic rings. The van der Waals surface area contributed by atoms with Gasteiger partial charge in [0.25, 0.3) is 0 Å². The van der Waals surface area contributed by atoms with Crippen LogP contribution in [0.15, 0.2) is 24.4 Å². The number of fused-ring (bicyclic) bond motifs is 1. The molecule has 2 N–H and O–H groups in total. The lowest BCUT2D eigenvalue weighted by Crippen LogP contribution is -2.48. The van der Waals surface area contributed by atoms with E-state index in [-0.39, 0.29) is 18.4 Å². The van der Waals surface area contributed by atoms with E-state index in [4.69, 9.17) is 4.74 Å². The Labute approximate surface area is 209 Å². The Balaban J connectivity index is 1.40. The number of alkyl halides is 1. The van der Waals surface area contributed by atoms with Gasteiger partial charge < -0.3 is 9.64 Å². The van der Waals surface area contributed by atoms with E-state index in [1.54, 1.807) is 23.7 Å². The summed E-state index contributed by atoms with van der Waals surface area (Å²) < 4.78 is 35.5. The monoisotopic (exact) mass is 507 g/mol. The van der Waals surface area contributed by atoms with E-state index in [2.05, 4.69) is 9.88 Å². The molecular weight excluding hydrogens is 472 g/mol. The Morgan fingerprint density at radius 3 is 2.77 bits per heavy atom. The summed E-state index contributed by atoms with van der Waals surface area (Å²) in [6, 6.07) is 4.96. The molecule has 1 aromatic carbocycles. The zero-order chi connectivity index (χ0) is 24.8. The number of carbonyl (C=O) groups is 1. The van der Waals surface area contributed by atoms with Gasteiger partial charge in [-0.25, -0.2) is 14.3 Å².